The highest BCUT2D eigenvalue weighted by atomic mass is 16.1. The summed E-state index contributed by atoms with van der Waals surface area (Å²) in [7, 11) is 0. The maximum Gasteiger partial charge on any atom is 0.258 e. The monoisotopic (exact) mass is 230 g/mol. The molecule has 2 heterocycles. The first-order valence-electron chi connectivity index (χ1n) is 5.94. The molecule has 2 rings (SSSR count). The van der Waals surface area contributed by atoms with Crippen molar-refractivity contribution in [3.05, 3.63) is 46.0 Å². The number of fused-ring (bicyclic) bond motifs is 1. The Morgan fingerprint density at radius 1 is 1.29 bits per heavy atom. The molecule has 2 aromatic rings. The van der Waals surface area contributed by atoms with Gasteiger partial charge in [0.2, 0.25) is 0 Å². The summed E-state index contributed by atoms with van der Waals surface area (Å²) in [4.78, 5) is 16.4. The highest BCUT2D eigenvalue weighted by molar-refractivity contribution is 5.41. The molecule has 0 unspecified atom stereocenters. The summed E-state index contributed by atoms with van der Waals surface area (Å²) >= 11 is 0. The number of hydrogen-bond acceptors (Lipinski definition) is 2. The predicted octanol–water partition coefficient (Wildman–Crippen LogP) is 2.55. The van der Waals surface area contributed by atoms with Crippen molar-refractivity contribution in [2.45, 2.75) is 39.5 Å². The predicted molar refractivity (Wildman–Crippen MR) is 69.5 cm³/mol. The van der Waals surface area contributed by atoms with Gasteiger partial charge in [-0.25, -0.2) is 4.98 Å². The lowest BCUT2D eigenvalue weighted by Crippen LogP contribution is -2.19. The Morgan fingerprint density at radius 2 is 2.00 bits per heavy atom. The molecule has 0 bridgehead atoms. The molecule has 17 heavy (non-hydrogen) atoms. The van der Waals surface area contributed by atoms with Crippen molar-refractivity contribution in [3.63, 3.8) is 0 Å². The zero-order valence-corrected chi connectivity index (χ0v) is 10.8. The average Bonchev–Trinajstić information content (AvgIpc) is 2.27. The number of rotatable bonds is 1. The Labute approximate surface area is 101 Å². The van der Waals surface area contributed by atoms with Crippen LogP contribution in [0.5, 0.6) is 0 Å². The minimum absolute atomic E-state index is 0.00190. The van der Waals surface area contributed by atoms with E-state index in [-0.39, 0.29) is 11.0 Å². The Kier molecular flexibility index (Phi) is 2.77. The van der Waals surface area contributed by atoms with E-state index in [1.165, 1.54) is 0 Å². The Bertz CT molecular complexity index is 606. The average molecular weight is 230 g/mol. The topological polar surface area (TPSA) is 34.4 Å². The van der Waals surface area contributed by atoms with Crippen molar-refractivity contribution in [2.75, 3.05) is 0 Å². The van der Waals surface area contributed by atoms with E-state index in [9.17, 15) is 4.79 Å². The summed E-state index contributed by atoms with van der Waals surface area (Å²) in [6, 6.07) is 5.57. The summed E-state index contributed by atoms with van der Waals surface area (Å²) in [5, 5.41) is 0. The van der Waals surface area contributed by atoms with E-state index in [0.717, 1.165) is 23.3 Å². The van der Waals surface area contributed by atoms with E-state index in [1.54, 1.807) is 10.5 Å². The number of aryl methyl sites for hydroxylation is 1. The zero-order valence-electron chi connectivity index (χ0n) is 10.8. The first kappa shape index (κ1) is 11.8. The van der Waals surface area contributed by atoms with Crippen molar-refractivity contribution >= 4 is 5.65 Å². The minimum atomic E-state index is -0.00190. The summed E-state index contributed by atoms with van der Waals surface area (Å²) in [6.45, 7) is 8.40. The standard InChI is InChI=1S/C14H18N2O/c1-5-11-8-13(17)16-9-10(14(2,3)4)6-7-12(16)15-11/h6-9H,5H2,1-4H3. The molecule has 0 saturated carbocycles. The van der Waals surface area contributed by atoms with Crippen molar-refractivity contribution in [3.8, 4) is 0 Å². The van der Waals surface area contributed by atoms with Gasteiger partial charge in [-0.3, -0.25) is 9.20 Å². The fraction of sp³-hybridized carbons (Fsp3) is 0.429. The molecular weight excluding hydrogens is 212 g/mol. The quantitative estimate of drug-likeness (QED) is 0.754. The van der Waals surface area contributed by atoms with E-state index in [1.807, 2.05) is 25.3 Å². The van der Waals surface area contributed by atoms with E-state index in [2.05, 4.69) is 25.8 Å². The van der Waals surface area contributed by atoms with Crippen LogP contribution in [-0.2, 0) is 11.8 Å². The SMILES string of the molecule is CCc1cc(=O)n2cc(C(C)(C)C)ccc2n1. The fourth-order valence-corrected chi connectivity index (χ4v) is 1.78. The largest absolute Gasteiger partial charge is 0.269 e. The maximum absolute atomic E-state index is 12.0. The molecule has 0 aliphatic carbocycles. The van der Waals surface area contributed by atoms with Gasteiger partial charge in [-0.2, -0.15) is 0 Å². The molecular formula is C14H18N2O. The Morgan fingerprint density at radius 3 is 2.59 bits per heavy atom. The summed E-state index contributed by atoms with van der Waals surface area (Å²) in [6.07, 6.45) is 2.68. The van der Waals surface area contributed by atoms with Gasteiger partial charge in [0, 0.05) is 18.0 Å². The van der Waals surface area contributed by atoms with Crippen LogP contribution in [0.3, 0.4) is 0 Å². The third kappa shape index (κ3) is 2.23. The van der Waals surface area contributed by atoms with Crippen LogP contribution in [0.25, 0.3) is 5.65 Å². The molecule has 0 aromatic carbocycles. The van der Waals surface area contributed by atoms with Crippen LogP contribution in [0.15, 0.2) is 29.2 Å². The summed E-state index contributed by atoms with van der Waals surface area (Å²) in [5.74, 6) is 0. The van der Waals surface area contributed by atoms with Crippen LogP contribution in [0.4, 0.5) is 0 Å². The lowest BCUT2D eigenvalue weighted by molar-refractivity contribution is 0.585. The number of aromatic nitrogens is 2. The van der Waals surface area contributed by atoms with Crippen molar-refractivity contribution < 1.29 is 0 Å². The van der Waals surface area contributed by atoms with Crippen LogP contribution in [-0.4, -0.2) is 9.38 Å². The van der Waals surface area contributed by atoms with Gasteiger partial charge in [-0.1, -0.05) is 33.8 Å². The van der Waals surface area contributed by atoms with Gasteiger partial charge in [0.05, 0.1) is 0 Å². The van der Waals surface area contributed by atoms with Crippen LogP contribution < -0.4 is 5.56 Å². The highest BCUT2D eigenvalue weighted by Gasteiger charge is 2.14. The Hall–Kier alpha value is -1.64. The Balaban J connectivity index is 2.71. The van der Waals surface area contributed by atoms with Crippen molar-refractivity contribution in [1.29, 1.82) is 0 Å². The first-order chi connectivity index (χ1) is 7.91. The molecule has 2 aromatic heterocycles. The van der Waals surface area contributed by atoms with Gasteiger partial charge in [0.15, 0.2) is 0 Å². The van der Waals surface area contributed by atoms with Crippen LogP contribution in [0.1, 0.15) is 39.0 Å². The number of hydrogen-bond donors (Lipinski definition) is 0. The molecule has 0 spiro atoms. The molecule has 3 heteroatoms. The second-order valence-electron chi connectivity index (χ2n) is 5.34. The van der Waals surface area contributed by atoms with Gasteiger partial charge < -0.3 is 0 Å². The van der Waals surface area contributed by atoms with Crippen molar-refractivity contribution in [2.24, 2.45) is 0 Å². The molecule has 0 radical (unpaired) electrons. The summed E-state index contributed by atoms with van der Waals surface area (Å²) in [5.41, 5.74) is 2.74. The molecule has 0 fully saturated rings. The van der Waals surface area contributed by atoms with E-state index < -0.39 is 0 Å². The molecule has 0 atom stereocenters. The smallest absolute Gasteiger partial charge is 0.258 e. The molecule has 0 aliphatic rings. The molecule has 0 aliphatic heterocycles. The number of nitrogens with zero attached hydrogens (tertiary/aromatic N) is 2. The fourth-order valence-electron chi connectivity index (χ4n) is 1.78. The first-order valence-corrected chi connectivity index (χ1v) is 5.94. The van der Waals surface area contributed by atoms with Gasteiger partial charge in [-0.05, 0) is 23.5 Å². The zero-order chi connectivity index (χ0) is 12.6. The molecule has 0 amide bonds. The van der Waals surface area contributed by atoms with E-state index in [4.69, 9.17) is 0 Å². The third-order valence-corrected chi connectivity index (χ3v) is 2.94. The van der Waals surface area contributed by atoms with Crippen LogP contribution >= 0.6 is 0 Å². The van der Waals surface area contributed by atoms with Gasteiger partial charge in [0.1, 0.15) is 5.65 Å². The number of pyridine rings is 1. The summed E-state index contributed by atoms with van der Waals surface area (Å²) < 4.78 is 1.62. The van der Waals surface area contributed by atoms with Gasteiger partial charge in [0.25, 0.3) is 5.56 Å². The minimum Gasteiger partial charge on any atom is -0.269 e. The molecule has 0 N–H and O–H groups in total. The van der Waals surface area contributed by atoms with Crippen molar-refractivity contribution in [1.82, 2.24) is 9.38 Å². The second kappa shape index (κ2) is 3.99. The van der Waals surface area contributed by atoms with Crippen LogP contribution in [0.2, 0.25) is 0 Å². The van der Waals surface area contributed by atoms with Gasteiger partial charge >= 0.3 is 0 Å². The highest BCUT2D eigenvalue weighted by Crippen LogP contribution is 2.21. The normalized spacial score (nSPS) is 12.0. The lowest BCUT2D eigenvalue weighted by Gasteiger charge is -2.19. The molecule has 0 saturated heterocycles. The maximum atomic E-state index is 12.0. The van der Waals surface area contributed by atoms with Gasteiger partial charge in [-0.15, -0.1) is 0 Å². The lowest BCUT2D eigenvalue weighted by atomic mass is 9.88. The van der Waals surface area contributed by atoms with Crippen LogP contribution in [0, 0.1) is 0 Å². The molecule has 3 nitrogen and oxygen atoms in total. The van der Waals surface area contributed by atoms with E-state index in [0.29, 0.717) is 0 Å². The molecule has 90 valence electrons. The van der Waals surface area contributed by atoms with E-state index >= 15 is 0 Å². The second-order valence-corrected chi connectivity index (χ2v) is 5.34. The third-order valence-electron chi connectivity index (χ3n) is 2.94.